The largest absolute Gasteiger partial charge is 0.420 e. The van der Waals surface area contributed by atoms with E-state index < -0.39 is 21.8 Å². The van der Waals surface area contributed by atoms with E-state index in [-0.39, 0.29) is 35.6 Å². The van der Waals surface area contributed by atoms with Crippen LogP contribution < -0.4 is 5.32 Å². The molecule has 0 amide bonds. The first kappa shape index (κ1) is 21.9. The minimum Gasteiger partial charge on any atom is -0.396 e. The summed E-state index contributed by atoms with van der Waals surface area (Å²) in [7, 11) is -3.26. The van der Waals surface area contributed by atoms with Crippen molar-refractivity contribution in [3.8, 4) is 10.6 Å². The Balaban J connectivity index is 1.82. The molecule has 1 saturated heterocycles. The summed E-state index contributed by atoms with van der Waals surface area (Å²) in [6, 6.07) is -0.149. The van der Waals surface area contributed by atoms with E-state index in [1.54, 1.807) is 0 Å². The second kappa shape index (κ2) is 8.50. The van der Waals surface area contributed by atoms with E-state index in [2.05, 4.69) is 20.3 Å². The molecule has 1 fully saturated rings. The lowest BCUT2D eigenvalue weighted by Gasteiger charge is -2.30. The second-order valence-electron chi connectivity index (χ2n) is 6.63. The van der Waals surface area contributed by atoms with Crippen molar-refractivity contribution < 1.29 is 26.7 Å². The van der Waals surface area contributed by atoms with E-state index in [1.165, 1.54) is 10.5 Å². The van der Waals surface area contributed by atoms with Crippen molar-refractivity contribution in [3.05, 3.63) is 23.0 Å². The first-order valence-electron chi connectivity index (χ1n) is 8.79. The van der Waals surface area contributed by atoms with Crippen LogP contribution in [-0.2, 0) is 22.6 Å². The number of nitrogens with one attached hydrogen (secondary N) is 1. The van der Waals surface area contributed by atoms with Crippen LogP contribution in [0.5, 0.6) is 0 Å². The van der Waals surface area contributed by atoms with E-state index in [0.717, 1.165) is 23.8 Å². The smallest absolute Gasteiger partial charge is 0.396 e. The first-order chi connectivity index (χ1) is 13.6. The third kappa shape index (κ3) is 5.41. The number of alkyl halides is 3. The summed E-state index contributed by atoms with van der Waals surface area (Å²) in [5.74, 6) is 0.0444. The molecule has 0 radical (unpaired) electrons. The average molecular weight is 451 g/mol. The number of aliphatic hydroxyl groups excluding tert-OH is 1. The molecule has 2 aromatic rings. The van der Waals surface area contributed by atoms with E-state index in [0.29, 0.717) is 30.9 Å². The number of hydrogen-bond acceptors (Lipinski definition) is 8. The van der Waals surface area contributed by atoms with Gasteiger partial charge in [0.05, 0.1) is 21.8 Å². The first-order valence-corrected chi connectivity index (χ1v) is 11.5. The molecule has 0 unspecified atom stereocenters. The lowest BCUT2D eigenvalue weighted by molar-refractivity contribution is -0.137. The molecule has 0 spiro atoms. The Kier molecular flexibility index (Phi) is 6.41. The summed E-state index contributed by atoms with van der Waals surface area (Å²) in [6.45, 7) is 0.495. The molecular formula is C16H20F3N5O3S2. The molecule has 3 heterocycles. The molecule has 160 valence electrons. The lowest BCUT2D eigenvalue weighted by Crippen LogP contribution is -2.42. The number of sulfonamides is 1. The van der Waals surface area contributed by atoms with Gasteiger partial charge in [0.1, 0.15) is 5.56 Å². The number of thiazole rings is 1. The number of nitrogens with zero attached hydrogens (tertiary/aromatic N) is 4. The Morgan fingerprint density at radius 1 is 1.28 bits per heavy atom. The van der Waals surface area contributed by atoms with Gasteiger partial charge in [0.15, 0.2) is 0 Å². The highest BCUT2D eigenvalue weighted by molar-refractivity contribution is 7.88. The van der Waals surface area contributed by atoms with Crippen LogP contribution in [-0.4, -0.2) is 64.8 Å². The van der Waals surface area contributed by atoms with Crippen molar-refractivity contribution >= 4 is 27.3 Å². The molecule has 0 aliphatic carbocycles. The number of halogens is 3. The van der Waals surface area contributed by atoms with E-state index in [4.69, 9.17) is 5.11 Å². The van der Waals surface area contributed by atoms with Gasteiger partial charge in [-0.2, -0.15) is 13.2 Å². The third-order valence-electron chi connectivity index (χ3n) is 4.46. The molecular weight excluding hydrogens is 431 g/mol. The molecule has 1 aliphatic heterocycles. The Hall–Kier alpha value is -1.83. The summed E-state index contributed by atoms with van der Waals surface area (Å²) >= 11 is 1.04. The van der Waals surface area contributed by atoms with Crippen LogP contribution in [0.4, 0.5) is 19.1 Å². The van der Waals surface area contributed by atoms with Crippen LogP contribution in [0.3, 0.4) is 0 Å². The fraction of sp³-hybridized carbons (Fsp3) is 0.562. The molecule has 0 atom stereocenters. The SMILES string of the molecule is CS(=O)(=O)N1CCC(Nc2ncc(C(F)(F)F)c(-c3cnc(CCO)s3)n2)CC1. The number of piperidine rings is 1. The van der Waals surface area contributed by atoms with E-state index in [9.17, 15) is 21.6 Å². The Labute approximate surface area is 169 Å². The zero-order valence-corrected chi connectivity index (χ0v) is 17.1. The highest BCUT2D eigenvalue weighted by atomic mass is 32.2. The van der Waals surface area contributed by atoms with Gasteiger partial charge in [-0.1, -0.05) is 0 Å². The molecule has 8 nitrogen and oxygen atoms in total. The number of aromatic nitrogens is 3. The Bertz CT molecular complexity index is 957. The van der Waals surface area contributed by atoms with Crippen LogP contribution in [0, 0.1) is 0 Å². The fourth-order valence-electron chi connectivity index (χ4n) is 2.99. The maximum Gasteiger partial charge on any atom is 0.420 e. The predicted molar refractivity (Wildman–Crippen MR) is 102 cm³/mol. The van der Waals surface area contributed by atoms with Gasteiger partial charge in [0, 0.05) is 44.6 Å². The molecule has 0 saturated carbocycles. The van der Waals surface area contributed by atoms with Gasteiger partial charge in [-0.15, -0.1) is 11.3 Å². The molecule has 13 heteroatoms. The van der Waals surface area contributed by atoms with Crippen molar-refractivity contribution in [2.24, 2.45) is 0 Å². The zero-order chi connectivity index (χ0) is 21.2. The number of hydrogen-bond donors (Lipinski definition) is 2. The van der Waals surface area contributed by atoms with Crippen LogP contribution in [0.25, 0.3) is 10.6 Å². The summed E-state index contributed by atoms with van der Waals surface area (Å²) in [4.78, 5) is 12.1. The maximum absolute atomic E-state index is 13.4. The van der Waals surface area contributed by atoms with Crippen LogP contribution in [0.15, 0.2) is 12.4 Å². The van der Waals surface area contributed by atoms with Gasteiger partial charge in [-0.25, -0.2) is 27.7 Å². The van der Waals surface area contributed by atoms with Crippen molar-refractivity contribution in [2.45, 2.75) is 31.5 Å². The summed E-state index contributed by atoms with van der Waals surface area (Å²) < 4.78 is 64.8. The third-order valence-corrected chi connectivity index (χ3v) is 6.83. The molecule has 29 heavy (non-hydrogen) atoms. The van der Waals surface area contributed by atoms with Gasteiger partial charge in [-0.3, -0.25) is 0 Å². The highest BCUT2D eigenvalue weighted by Gasteiger charge is 2.36. The zero-order valence-electron chi connectivity index (χ0n) is 15.5. The highest BCUT2D eigenvalue weighted by Crippen LogP contribution is 2.38. The van der Waals surface area contributed by atoms with Crippen molar-refractivity contribution in [1.29, 1.82) is 0 Å². The van der Waals surface area contributed by atoms with Gasteiger partial charge in [-0.05, 0) is 12.8 Å². The van der Waals surface area contributed by atoms with E-state index in [1.807, 2.05) is 0 Å². The average Bonchev–Trinajstić information content (AvgIpc) is 3.09. The maximum atomic E-state index is 13.4. The van der Waals surface area contributed by atoms with E-state index >= 15 is 0 Å². The Morgan fingerprint density at radius 2 is 1.97 bits per heavy atom. The molecule has 1 aliphatic rings. The minimum absolute atomic E-state index is 0.0444. The van der Waals surface area contributed by atoms with Gasteiger partial charge in [0.2, 0.25) is 16.0 Å². The monoisotopic (exact) mass is 451 g/mol. The van der Waals surface area contributed by atoms with Gasteiger partial charge >= 0.3 is 6.18 Å². The normalized spacial score (nSPS) is 16.9. The minimum atomic E-state index is -4.63. The van der Waals surface area contributed by atoms with Crippen molar-refractivity contribution in [3.63, 3.8) is 0 Å². The Morgan fingerprint density at radius 3 is 2.55 bits per heavy atom. The topological polar surface area (TPSA) is 108 Å². The quantitative estimate of drug-likeness (QED) is 0.691. The molecule has 0 aromatic carbocycles. The van der Waals surface area contributed by atoms with Gasteiger partial charge in [0.25, 0.3) is 0 Å². The molecule has 0 bridgehead atoms. The summed E-state index contributed by atoms with van der Waals surface area (Å²) in [6.07, 6.45) is -0.200. The summed E-state index contributed by atoms with van der Waals surface area (Å²) in [5.41, 5.74) is -1.24. The number of anilines is 1. The van der Waals surface area contributed by atoms with Crippen LogP contribution >= 0.6 is 11.3 Å². The fourth-order valence-corrected chi connectivity index (χ4v) is 4.78. The lowest BCUT2D eigenvalue weighted by atomic mass is 10.1. The molecule has 2 aromatic heterocycles. The predicted octanol–water partition coefficient (Wildman–Crippen LogP) is 1.99. The van der Waals surface area contributed by atoms with Crippen LogP contribution in [0.2, 0.25) is 0 Å². The molecule has 2 N–H and O–H groups in total. The second-order valence-corrected chi connectivity index (χ2v) is 9.72. The van der Waals surface area contributed by atoms with Crippen molar-refractivity contribution in [2.75, 3.05) is 31.3 Å². The number of rotatable bonds is 6. The van der Waals surface area contributed by atoms with Crippen molar-refractivity contribution in [1.82, 2.24) is 19.3 Å². The van der Waals surface area contributed by atoms with Gasteiger partial charge < -0.3 is 10.4 Å². The molecule has 3 rings (SSSR count). The number of aliphatic hydroxyl groups is 1. The summed E-state index contributed by atoms with van der Waals surface area (Å²) in [5, 5.41) is 12.5. The van der Waals surface area contributed by atoms with Crippen LogP contribution in [0.1, 0.15) is 23.4 Å². The standard InChI is InChI=1S/C16H20F3N5O3S2/c1-29(26,27)24-5-2-10(3-6-24)22-15-21-8-11(16(17,18)19)14(23-15)12-9-20-13(28-12)4-7-25/h8-10,25H,2-7H2,1H3,(H,21,22,23).